The minimum Gasteiger partial charge on any atom is -0.507 e. The Balaban J connectivity index is 1.53. The first-order valence-corrected chi connectivity index (χ1v) is 8.61. The summed E-state index contributed by atoms with van der Waals surface area (Å²) in [6, 6.07) is 16.0. The molecule has 3 aromatic rings. The van der Waals surface area contributed by atoms with Crippen LogP contribution in [0.15, 0.2) is 54.7 Å². The maximum absolute atomic E-state index is 10.2. The van der Waals surface area contributed by atoms with Gasteiger partial charge in [-0.3, -0.25) is 4.90 Å². The summed E-state index contributed by atoms with van der Waals surface area (Å²) in [5.41, 5.74) is 5.27. The molecule has 0 unspecified atom stereocenters. The Morgan fingerprint density at radius 3 is 2.76 bits per heavy atom. The van der Waals surface area contributed by atoms with Crippen molar-refractivity contribution < 1.29 is 5.11 Å². The molecule has 1 aliphatic heterocycles. The van der Waals surface area contributed by atoms with Crippen LogP contribution in [0.4, 0.5) is 0 Å². The van der Waals surface area contributed by atoms with Crippen molar-refractivity contribution in [3.63, 3.8) is 0 Å². The smallest absolute Gasteiger partial charge is 0.159 e. The largest absolute Gasteiger partial charge is 0.507 e. The highest BCUT2D eigenvalue weighted by molar-refractivity contribution is 5.54. The number of nitrogens with zero attached hydrogens (tertiary/aromatic N) is 3. The van der Waals surface area contributed by atoms with Crippen LogP contribution in [0.2, 0.25) is 0 Å². The van der Waals surface area contributed by atoms with Gasteiger partial charge in [-0.1, -0.05) is 48.5 Å². The van der Waals surface area contributed by atoms with Gasteiger partial charge in [-0.05, 0) is 12.5 Å². The van der Waals surface area contributed by atoms with Gasteiger partial charge in [-0.2, -0.15) is 0 Å². The zero-order valence-corrected chi connectivity index (χ0v) is 14.3. The Kier molecular flexibility index (Phi) is 4.20. The first-order valence-electron chi connectivity index (χ1n) is 8.61. The molecule has 126 valence electrons. The molecule has 4 heteroatoms. The van der Waals surface area contributed by atoms with E-state index in [9.17, 15) is 5.11 Å². The number of aromatic hydroxyl groups is 1. The monoisotopic (exact) mass is 331 g/mol. The van der Waals surface area contributed by atoms with Gasteiger partial charge in [0.25, 0.3) is 0 Å². The van der Waals surface area contributed by atoms with E-state index >= 15 is 0 Å². The predicted molar refractivity (Wildman–Crippen MR) is 98.1 cm³/mol. The molecule has 2 aromatic carbocycles. The Hall–Kier alpha value is -2.72. The first-order chi connectivity index (χ1) is 12.2. The van der Waals surface area contributed by atoms with E-state index in [0.29, 0.717) is 5.75 Å². The van der Waals surface area contributed by atoms with E-state index in [1.54, 1.807) is 0 Å². The summed E-state index contributed by atoms with van der Waals surface area (Å²) >= 11 is 0. The van der Waals surface area contributed by atoms with Gasteiger partial charge in [0, 0.05) is 48.9 Å². The van der Waals surface area contributed by atoms with Crippen molar-refractivity contribution in [2.45, 2.75) is 26.4 Å². The van der Waals surface area contributed by atoms with Crippen LogP contribution in [0.5, 0.6) is 5.75 Å². The predicted octanol–water partition coefficient (Wildman–Crippen LogP) is 3.72. The van der Waals surface area contributed by atoms with Crippen LogP contribution in [0, 0.1) is 6.92 Å². The summed E-state index contributed by atoms with van der Waals surface area (Å²) in [7, 11) is 0. The van der Waals surface area contributed by atoms with Crippen LogP contribution in [0.3, 0.4) is 0 Å². The van der Waals surface area contributed by atoms with Crippen molar-refractivity contribution in [2.24, 2.45) is 0 Å². The van der Waals surface area contributed by atoms with Gasteiger partial charge >= 0.3 is 0 Å². The minimum absolute atomic E-state index is 0.406. The molecule has 0 aliphatic carbocycles. The van der Waals surface area contributed by atoms with E-state index in [1.165, 1.54) is 5.56 Å². The highest BCUT2D eigenvalue weighted by atomic mass is 16.3. The van der Waals surface area contributed by atoms with E-state index in [0.717, 1.165) is 54.3 Å². The van der Waals surface area contributed by atoms with Crippen molar-refractivity contribution >= 4 is 0 Å². The Bertz CT molecular complexity index is 893. The van der Waals surface area contributed by atoms with Crippen LogP contribution in [-0.4, -0.2) is 26.5 Å². The number of para-hydroxylation sites is 1. The molecule has 1 aliphatic rings. The quantitative estimate of drug-likeness (QED) is 0.795. The van der Waals surface area contributed by atoms with Crippen molar-refractivity contribution in [1.29, 1.82) is 0 Å². The molecule has 4 nitrogen and oxygen atoms in total. The zero-order valence-electron chi connectivity index (χ0n) is 14.3. The second-order valence-electron chi connectivity index (χ2n) is 6.57. The van der Waals surface area contributed by atoms with E-state index in [-0.39, 0.29) is 0 Å². The summed E-state index contributed by atoms with van der Waals surface area (Å²) < 4.78 is 0. The minimum atomic E-state index is 0.406. The van der Waals surface area contributed by atoms with Crippen LogP contribution >= 0.6 is 0 Å². The highest BCUT2D eigenvalue weighted by Gasteiger charge is 2.20. The van der Waals surface area contributed by atoms with Gasteiger partial charge in [-0.25, -0.2) is 9.97 Å². The number of hydrogen-bond donors (Lipinski definition) is 1. The van der Waals surface area contributed by atoms with Crippen molar-refractivity contribution in [3.05, 3.63) is 77.1 Å². The lowest BCUT2D eigenvalue weighted by Crippen LogP contribution is -2.31. The summed E-state index contributed by atoms with van der Waals surface area (Å²) in [5, 5.41) is 10.2. The Morgan fingerprint density at radius 1 is 1.08 bits per heavy atom. The number of phenolic OH excluding ortho intramolecular Hbond substituents is 1. The van der Waals surface area contributed by atoms with Gasteiger partial charge < -0.3 is 5.11 Å². The molecule has 0 saturated heterocycles. The van der Waals surface area contributed by atoms with Crippen LogP contribution < -0.4 is 0 Å². The third-order valence-electron chi connectivity index (χ3n) is 4.76. The number of aryl methyl sites for hydroxylation is 1. The number of fused-ring (bicyclic) bond motifs is 1. The lowest BCUT2D eigenvalue weighted by Gasteiger charge is -2.28. The maximum atomic E-state index is 10.2. The molecule has 0 fully saturated rings. The highest BCUT2D eigenvalue weighted by Crippen LogP contribution is 2.26. The van der Waals surface area contributed by atoms with E-state index < -0.39 is 0 Å². The summed E-state index contributed by atoms with van der Waals surface area (Å²) in [6.07, 6.45) is 2.86. The Morgan fingerprint density at radius 2 is 1.92 bits per heavy atom. The zero-order chi connectivity index (χ0) is 17.2. The lowest BCUT2D eigenvalue weighted by atomic mass is 10.0. The van der Waals surface area contributed by atoms with E-state index in [4.69, 9.17) is 4.98 Å². The van der Waals surface area contributed by atoms with Gasteiger partial charge in [0.2, 0.25) is 0 Å². The van der Waals surface area contributed by atoms with Crippen LogP contribution in [0.1, 0.15) is 22.4 Å². The number of phenols is 1. The summed E-state index contributed by atoms with van der Waals surface area (Å²) in [4.78, 5) is 11.7. The molecule has 0 radical (unpaired) electrons. The fourth-order valence-corrected chi connectivity index (χ4v) is 3.32. The molecule has 1 N–H and O–H groups in total. The standard InChI is InChI=1S/C21H21N3O/c1-15-6-5-9-17(20(15)25)13-24-11-10-19-18(14-24)12-22-21(23-19)16-7-3-2-4-8-16/h2-9,12,25H,10-11,13-14H2,1H3. The number of benzene rings is 2. The third kappa shape index (κ3) is 3.26. The Labute approximate surface area is 147 Å². The molecule has 0 spiro atoms. The molecule has 0 atom stereocenters. The fourth-order valence-electron chi connectivity index (χ4n) is 3.32. The molecular formula is C21H21N3O. The third-order valence-corrected chi connectivity index (χ3v) is 4.76. The van der Waals surface area contributed by atoms with Crippen LogP contribution in [-0.2, 0) is 19.5 Å². The van der Waals surface area contributed by atoms with Crippen LogP contribution in [0.25, 0.3) is 11.4 Å². The lowest BCUT2D eigenvalue weighted by molar-refractivity contribution is 0.239. The van der Waals surface area contributed by atoms with E-state index in [2.05, 4.69) is 9.88 Å². The average Bonchev–Trinajstić information content (AvgIpc) is 2.66. The second kappa shape index (κ2) is 6.65. The molecule has 1 aromatic heterocycles. The van der Waals surface area contributed by atoms with E-state index in [1.807, 2.05) is 61.7 Å². The maximum Gasteiger partial charge on any atom is 0.159 e. The van der Waals surface area contributed by atoms with Gasteiger partial charge in [0.1, 0.15) is 5.75 Å². The second-order valence-corrected chi connectivity index (χ2v) is 6.57. The number of hydrogen-bond acceptors (Lipinski definition) is 4. The van der Waals surface area contributed by atoms with Crippen molar-refractivity contribution in [1.82, 2.24) is 14.9 Å². The van der Waals surface area contributed by atoms with Gasteiger partial charge in [-0.15, -0.1) is 0 Å². The van der Waals surface area contributed by atoms with Crippen molar-refractivity contribution in [3.8, 4) is 17.1 Å². The summed E-state index contributed by atoms with van der Waals surface area (Å²) in [6.45, 7) is 4.43. The van der Waals surface area contributed by atoms with Gasteiger partial charge in [0.15, 0.2) is 5.82 Å². The molecule has 0 saturated carbocycles. The molecule has 2 heterocycles. The molecular weight excluding hydrogens is 310 g/mol. The number of rotatable bonds is 3. The molecule has 0 bridgehead atoms. The molecule has 4 rings (SSSR count). The topological polar surface area (TPSA) is 49.2 Å². The molecule has 0 amide bonds. The van der Waals surface area contributed by atoms with Crippen molar-refractivity contribution in [2.75, 3.05) is 6.54 Å². The fraction of sp³-hybridized carbons (Fsp3) is 0.238. The number of aromatic nitrogens is 2. The first kappa shape index (κ1) is 15.8. The van der Waals surface area contributed by atoms with Gasteiger partial charge in [0.05, 0.1) is 5.69 Å². The SMILES string of the molecule is Cc1cccc(CN2CCc3nc(-c4ccccc4)ncc3C2)c1O. The summed E-state index contributed by atoms with van der Waals surface area (Å²) in [5.74, 6) is 1.20. The average molecular weight is 331 g/mol. The normalized spacial score (nSPS) is 14.3. The molecule has 25 heavy (non-hydrogen) atoms.